The fraction of sp³-hybridized carbons (Fsp3) is 0.462. The summed E-state index contributed by atoms with van der Waals surface area (Å²) in [6.45, 7) is 3.94. The Hall–Kier alpha value is -2.82. The minimum Gasteiger partial charge on any atom is -0.347 e. The number of rotatable bonds is 5. The van der Waals surface area contributed by atoms with Crippen LogP contribution in [-0.4, -0.2) is 18.0 Å². The van der Waals surface area contributed by atoms with Crippen molar-refractivity contribution in [3.05, 3.63) is 70.8 Å². The van der Waals surface area contributed by atoms with E-state index in [0.29, 0.717) is 0 Å². The van der Waals surface area contributed by atoms with Crippen LogP contribution in [0.15, 0.2) is 48.5 Å². The molecule has 0 radical (unpaired) electrons. The van der Waals surface area contributed by atoms with Gasteiger partial charge in [0.2, 0.25) is 5.91 Å². The summed E-state index contributed by atoms with van der Waals surface area (Å²) >= 11 is 0. The molecule has 2 aliphatic rings. The number of hydrogen-bond acceptors (Lipinski definition) is 2. The molecule has 164 valence electrons. The van der Waals surface area contributed by atoms with Crippen LogP contribution in [0, 0.1) is 5.92 Å². The van der Waals surface area contributed by atoms with E-state index in [1.165, 1.54) is 22.3 Å². The quantitative estimate of drug-likeness (QED) is 0.664. The Morgan fingerprint density at radius 1 is 0.806 bits per heavy atom. The molecule has 3 amide bonds. The van der Waals surface area contributed by atoms with Gasteiger partial charge in [0.1, 0.15) is 6.04 Å². The van der Waals surface area contributed by atoms with Crippen LogP contribution in [0.5, 0.6) is 0 Å². The highest BCUT2D eigenvalue weighted by Gasteiger charge is 2.29. The van der Waals surface area contributed by atoms with Gasteiger partial charge in [0.05, 0.1) is 12.1 Å². The van der Waals surface area contributed by atoms with E-state index in [1.807, 2.05) is 32.0 Å². The zero-order valence-corrected chi connectivity index (χ0v) is 18.5. The van der Waals surface area contributed by atoms with Gasteiger partial charge in [-0.05, 0) is 66.7 Å². The van der Waals surface area contributed by atoms with Crippen molar-refractivity contribution in [1.82, 2.24) is 16.0 Å². The van der Waals surface area contributed by atoms with Crippen LogP contribution in [-0.2, 0) is 17.6 Å². The second-order valence-corrected chi connectivity index (χ2v) is 9.14. The number of fused-ring (bicyclic) bond motifs is 2. The van der Waals surface area contributed by atoms with Crippen LogP contribution in [0.4, 0.5) is 4.79 Å². The minimum absolute atomic E-state index is 0.00813. The molecule has 0 unspecified atom stereocenters. The second-order valence-electron chi connectivity index (χ2n) is 9.14. The van der Waals surface area contributed by atoms with Crippen LogP contribution >= 0.6 is 0 Å². The first-order valence-corrected chi connectivity index (χ1v) is 11.6. The van der Waals surface area contributed by atoms with E-state index >= 15 is 0 Å². The Kier molecular flexibility index (Phi) is 6.59. The Balaban J connectivity index is 1.40. The van der Waals surface area contributed by atoms with Crippen LogP contribution in [0.3, 0.4) is 0 Å². The maximum Gasteiger partial charge on any atom is 0.315 e. The summed E-state index contributed by atoms with van der Waals surface area (Å²) in [7, 11) is 0. The van der Waals surface area contributed by atoms with Gasteiger partial charge in [-0.25, -0.2) is 4.79 Å². The summed E-state index contributed by atoms with van der Waals surface area (Å²) in [5, 5.41) is 9.25. The lowest BCUT2D eigenvalue weighted by molar-refractivity contribution is -0.124. The first-order valence-electron chi connectivity index (χ1n) is 11.6. The van der Waals surface area contributed by atoms with Crippen LogP contribution < -0.4 is 16.0 Å². The third kappa shape index (κ3) is 4.92. The number of nitrogens with one attached hydrogen (secondary N) is 3. The van der Waals surface area contributed by atoms with E-state index < -0.39 is 6.04 Å². The topological polar surface area (TPSA) is 70.2 Å². The monoisotopic (exact) mass is 419 g/mol. The lowest BCUT2D eigenvalue weighted by Gasteiger charge is -2.30. The van der Waals surface area contributed by atoms with Gasteiger partial charge in [-0.3, -0.25) is 4.79 Å². The number of benzene rings is 2. The van der Waals surface area contributed by atoms with Gasteiger partial charge in [0.25, 0.3) is 0 Å². The van der Waals surface area contributed by atoms with Gasteiger partial charge in [-0.2, -0.15) is 0 Å². The van der Waals surface area contributed by atoms with E-state index in [2.05, 4.69) is 46.3 Å². The van der Waals surface area contributed by atoms with Crippen LogP contribution in [0.1, 0.15) is 73.9 Å². The van der Waals surface area contributed by atoms with Crippen molar-refractivity contribution in [2.45, 2.75) is 70.5 Å². The fourth-order valence-electron chi connectivity index (χ4n) is 4.95. The van der Waals surface area contributed by atoms with Crippen molar-refractivity contribution in [3.63, 3.8) is 0 Å². The maximum absolute atomic E-state index is 13.1. The van der Waals surface area contributed by atoms with Gasteiger partial charge in [-0.1, -0.05) is 62.4 Å². The number of urea groups is 1. The van der Waals surface area contributed by atoms with E-state index in [0.717, 1.165) is 38.5 Å². The normalized spacial score (nSPS) is 20.9. The summed E-state index contributed by atoms with van der Waals surface area (Å²) in [4.78, 5) is 26.0. The van der Waals surface area contributed by atoms with Crippen molar-refractivity contribution in [2.75, 3.05) is 0 Å². The third-order valence-electron chi connectivity index (χ3n) is 6.60. The van der Waals surface area contributed by atoms with Crippen molar-refractivity contribution in [1.29, 1.82) is 0 Å². The largest absolute Gasteiger partial charge is 0.347 e. The Bertz CT molecular complexity index is 940. The zero-order chi connectivity index (χ0) is 21.8. The molecule has 0 fully saturated rings. The predicted octanol–water partition coefficient (Wildman–Crippen LogP) is 4.58. The van der Waals surface area contributed by atoms with Crippen molar-refractivity contribution < 1.29 is 9.59 Å². The molecule has 31 heavy (non-hydrogen) atoms. The molecule has 3 N–H and O–H groups in total. The minimum atomic E-state index is -0.576. The molecule has 0 bridgehead atoms. The Labute approximate surface area is 185 Å². The molecular weight excluding hydrogens is 386 g/mol. The van der Waals surface area contributed by atoms with Gasteiger partial charge in [0.15, 0.2) is 0 Å². The average molecular weight is 420 g/mol. The second kappa shape index (κ2) is 9.54. The highest BCUT2D eigenvalue weighted by molar-refractivity contribution is 5.87. The van der Waals surface area contributed by atoms with E-state index in [9.17, 15) is 9.59 Å². The van der Waals surface area contributed by atoms with E-state index in [-0.39, 0.29) is 29.9 Å². The molecule has 0 heterocycles. The summed E-state index contributed by atoms with van der Waals surface area (Å²) < 4.78 is 0. The van der Waals surface area contributed by atoms with E-state index in [1.54, 1.807) is 0 Å². The third-order valence-corrected chi connectivity index (χ3v) is 6.60. The lowest BCUT2D eigenvalue weighted by atomic mass is 9.87. The molecular formula is C26H33N3O2. The van der Waals surface area contributed by atoms with Crippen LogP contribution in [0.2, 0.25) is 0 Å². The van der Waals surface area contributed by atoms with Gasteiger partial charge >= 0.3 is 6.03 Å². The summed E-state index contributed by atoms with van der Waals surface area (Å²) in [6.07, 6.45) is 6.07. The van der Waals surface area contributed by atoms with Crippen molar-refractivity contribution in [2.24, 2.45) is 5.92 Å². The SMILES string of the molecule is CC(C)[C@@H](NC(=O)N[C@@H]1CCCc2ccccc21)C(=O)N[C@@H]1CCCc2ccccc21. The first-order chi connectivity index (χ1) is 15.0. The molecule has 5 heteroatoms. The summed E-state index contributed by atoms with van der Waals surface area (Å²) in [6, 6.07) is 15.7. The number of aryl methyl sites for hydroxylation is 2. The molecule has 2 aliphatic carbocycles. The average Bonchev–Trinajstić information content (AvgIpc) is 2.78. The van der Waals surface area contributed by atoms with Crippen molar-refractivity contribution in [3.8, 4) is 0 Å². The summed E-state index contributed by atoms with van der Waals surface area (Å²) in [5.74, 6) is -0.126. The molecule has 4 rings (SSSR count). The Morgan fingerprint density at radius 2 is 1.32 bits per heavy atom. The number of amides is 3. The molecule has 0 spiro atoms. The molecule has 2 aromatic carbocycles. The lowest BCUT2D eigenvalue weighted by Crippen LogP contribution is -2.53. The molecule has 3 atom stereocenters. The highest BCUT2D eigenvalue weighted by atomic mass is 16.2. The maximum atomic E-state index is 13.1. The van der Waals surface area contributed by atoms with E-state index in [4.69, 9.17) is 0 Å². The Morgan fingerprint density at radius 3 is 1.87 bits per heavy atom. The molecule has 0 saturated carbocycles. The number of carbonyl (C=O) groups excluding carboxylic acids is 2. The molecule has 2 aromatic rings. The zero-order valence-electron chi connectivity index (χ0n) is 18.5. The highest BCUT2D eigenvalue weighted by Crippen LogP contribution is 2.30. The first kappa shape index (κ1) is 21.4. The van der Waals surface area contributed by atoms with Gasteiger partial charge < -0.3 is 16.0 Å². The van der Waals surface area contributed by atoms with Gasteiger partial charge in [-0.15, -0.1) is 0 Å². The van der Waals surface area contributed by atoms with Crippen LogP contribution in [0.25, 0.3) is 0 Å². The molecule has 5 nitrogen and oxygen atoms in total. The molecule has 0 saturated heterocycles. The fourth-order valence-corrected chi connectivity index (χ4v) is 4.95. The molecule has 0 aliphatic heterocycles. The molecule has 0 aromatic heterocycles. The van der Waals surface area contributed by atoms with Crippen molar-refractivity contribution >= 4 is 11.9 Å². The smallest absolute Gasteiger partial charge is 0.315 e. The predicted molar refractivity (Wildman–Crippen MR) is 123 cm³/mol. The summed E-state index contributed by atoms with van der Waals surface area (Å²) in [5.41, 5.74) is 5.00. The number of hydrogen-bond donors (Lipinski definition) is 3. The standard InChI is InChI=1S/C26H33N3O2/c1-17(2)24(25(30)27-22-15-7-11-18-9-3-5-13-20(18)22)29-26(31)28-23-16-8-12-19-10-4-6-14-21(19)23/h3-6,9-10,13-14,17,22-24H,7-8,11-12,15-16H2,1-2H3,(H,27,30)(H2,28,29,31)/t22-,23-,24-/m1/s1. The number of carbonyl (C=O) groups is 2. The van der Waals surface area contributed by atoms with Gasteiger partial charge in [0, 0.05) is 0 Å².